The number of ether oxygens (including phenoxy) is 1. The first-order valence-corrected chi connectivity index (χ1v) is 4.30. The molecule has 0 saturated heterocycles. The standard InChI is InChI=1S/C10H9F3O2/c11-9-4-3-8(15-10(12)13)6-7(9)2-1-5-14/h3-6,10H,1-2H2. The predicted molar refractivity (Wildman–Crippen MR) is 47.4 cm³/mol. The second kappa shape index (κ2) is 5.38. The lowest BCUT2D eigenvalue weighted by Gasteiger charge is -2.06. The number of rotatable bonds is 5. The van der Waals surface area contributed by atoms with E-state index in [0.29, 0.717) is 6.29 Å². The average molecular weight is 218 g/mol. The first kappa shape index (κ1) is 11.6. The number of halogens is 3. The molecule has 0 aliphatic heterocycles. The van der Waals surface area contributed by atoms with Crippen molar-refractivity contribution in [3.05, 3.63) is 29.6 Å². The van der Waals surface area contributed by atoms with Gasteiger partial charge in [-0.2, -0.15) is 8.78 Å². The molecule has 0 amide bonds. The zero-order valence-electron chi connectivity index (χ0n) is 7.75. The fraction of sp³-hybridized carbons (Fsp3) is 0.300. The Bertz CT molecular complexity index is 339. The number of hydrogen-bond donors (Lipinski definition) is 0. The van der Waals surface area contributed by atoms with Crippen LogP contribution in [0, 0.1) is 5.82 Å². The number of hydrogen-bond acceptors (Lipinski definition) is 2. The molecule has 1 aromatic rings. The van der Waals surface area contributed by atoms with Gasteiger partial charge in [0.15, 0.2) is 0 Å². The van der Waals surface area contributed by atoms with Crippen LogP contribution in [0.1, 0.15) is 12.0 Å². The van der Waals surface area contributed by atoms with Crippen LogP contribution in [0.25, 0.3) is 0 Å². The van der Waals surface area contributed by atoms with Gasteiger partial charge < -0.3 is 9.53 Å². The van der Waals surface area contributed by atoms with E-state index in [-0.39, 0.29) is 24.2 Å². The smallest absolute Gasteiger partial charge is 0.387 e. The third kappa shape index (κ3) is 3.61. The van der Waals surface area contributed by atoms with Gasteiger partial charge in [0, 0.05) is 6.42 Å². The summed E-state index contributed by atoms with van der Waals surface area (Å²) in [6, 6.07) is 3.33. The highest BCUT2D eigenvalue weighted by atomic mass is 19.3. The van der Waals surface area contributed by atoms with E-state index in [1.54, 1.807) is 0 Å². The van der Waals surface area contributed by atoms with Gasteiger partial charge in [-0.25, -0.2) is 4.39 Å². The summed E-state index contributed by atoms with van der Waals surface area (Å²) in [7, 11) is 0. The maximum Gasteiger partial charge on any atom is 0.387 e. The van der Waals surface area contributed by atoms with Crippen molar-refractivity contribution in [1.29, 1.82) is 0 Å². The largest absolute Gasteiger partial charge is 0.435 e. The first-order chi connectivity index (χ1) is 7.13. The van der Waals surface area contributed by atoms with E-state index in [0.717, 1.165) is 12.1 Å². The molecule has 0 aliphatic rings. The maximum absolute atomic E-state index is 13.1. The maximum atomic E-state index is 13.1. The molecule has 0 aromatic heterocycles. The molecule has 15 heavy (non-hydrogen) atoms. The summed E-state index contributed by atoms with van der Waals surface area (Å²) < 4.78 is 40.8. The summed E-state index contributed by atoms with van der Waals surface area (Å²) >= 11 is 0. The van der Waals surface area contributed by atoms with E-state index >= 15 is 0 Å². The Hall–Kier alpha value is -1.52. The number of alkyl halides is 2. The second-order valence-corrected chi connectivity index (χ2v) is 2.84. The molecule has 0 N–H and O–H groups in total. The first-order valence-electron chi connectivity index (χ1n) is 4.30. The van der Waals surface area contributed by atoms with Gasteiger partial charge in [0.05, 0.1) is 0 Å². The van der Waals surface area contributed by atoms with Crippen LogP contribution in [-0.4, -0.2) is 12.9 Å². The minimum Gasteiger partial charge on any atom is -0.435 e. The molecular weight excluding hydrogens is 209 g/mol. The molecule has 0 fully saturated rings. The Morgan fingerprint density at radius 1 is 1.40 bits per heavy atom. The van der Waals surface area contributed by atoms with Gasteiger partial charge in [0.25, 0.3) is 0 Å². The lowest BCUT2D eigenvalue weighted by molar-refractivity contribution is -0.107. The molecule has 0 atom stereocenters. The van der Waals surface area contributed by atoms with Crippen LogP contribution >= 0.6 is 0 Å². The summed E-state index contributed by atoms with van der Waals surface area (Å²) in [5.41, 5.74) is 0.195. The van der Waals surface area contributed by atoms with Crippen molar-refractivity contribution in [3.63, 3.8) is 0 Å². The molecule has 0 spiro atoms. The van der Waals surface area contributed by atoms with E-state index in [2.05, 4.69) is 4.74 Å². The Morgan fingerprint density at radius 3 is 2.73 bits per heavy atom. The second-order valence-electron chi connectivity index (χ2n) is 2.84. The molecule has 1 rings (SSSR count). The Labute approximate surface area is 84.7 Å². The Balaban J connectivity index is 2.79. The van der Waals surface area contributed by atoms with E-state index in [4.69, 9.17) is 0 Å². The van der Waals surface area contributed by atoms with Gasteiger partial charge in [-0.05, 0) is 30.2 Å². The van der Waals surface area contributed by atoms with Crippen LogP contribution in [0.4, 0.5) is 13.2 Å². The summed E-state index contributed by atoms with van der Waals surface area (Å²) in [4.78, 5) is 10.1. The van der Waals surface area contributed by atoms with Crippen LogP contribution < -0.4 is 4.74 Å². The van der Waals surface area contributed by atoms with Gasteiger partial charge in [-0.1, -0.05) is 0 Å². The van der Waals surface area contributed by atoms with Crippen molar-refractivity contribution in [3.8, 4) is 5.75 Å². The molecule has 82 valence electrons. The highest BCUT2D eigenvalue weighted by molar-refractivity contribution is 5.50. The highest BCUT2D eigenvalue weighted by Crippen LogP contribution is 2.19. The van der Waals surface area contributed by atoms with Crippen LogP contribution in [0.15, 0.2) is 18.2 Å². The van der Waals surface area contributed by atoms with Gasteiger partial charge >= 0.3 is 6.61 Å². The molecule has 1 aromatic carbocycles. The molecular formula is C10H9F3O2. The van der Waals surface area contributed by atoms with Gasteiger partial charge in [0.2, 0.25) is 0 Å². The highest BCUT2D eigenvalue weighted by Gasteiger charge is 2.08. The van der Waals surface area contributed by atoms with E-state index < -0.39 is 12.4 Å². The molecule has 0 unspecified atom stereocenters. The molecule has 0 radical (unpaired) electrons. The van der Waals surface area contributed by atoms with Crippen LogP contribution in [-0.2, 0) is 11.2 Å². The van der Waals surface area contributed by atoms with Crippen molar-refractivity contribution in [2.45, 2.75) is 19.5 Å². The number of aldehydes is 1. The number of aryl methyl sites for hydroxylation is 1. The zero-order chi connectivity index (χ0) is 11.3. The SMILES string of the molecule is O=CCCc1cc(OC(F)F)ccc1F. The van der Waals surface area contributed by atoms with Crippen LogP contribution in [0.2, 0.25) is 0 Å². The summed E-state index contributed by atoms with van der Waals surface area (Å²) in [6.07, 6.45) is 0.963. The zero-order valence-corrected chi connectivity index (χ0v) is 7.75. The predicted octanol–water partition coefficient (Wildman–Crippen LogP) is 2.56. The fourth-order valence-corrected chi connectivity index (χ4v) is 1.13. The normalized spacial score (nSPS) is 10.4. The Kier molecular flexibility index (Phi) is 4.15. The number of carbonyl (C=O) groups excluding carboxylic acids is 1. The van der Waals surface area contributed by atoms with E-state index in [1.165, 1.54) is 6.07 Å². The van der Waals surface area contributed by atoms with Crippen molar-refractivity contribution in [1.82, 2.24) is 0 Å². The average Bonchev–Trinajstić information content (AvgIpc) is 2.18. The third-order valence-corrected chi connectivity index (χ3v) is 1.77. The summed E-state index contributed by atoms with van der Waals surface area (Å²) in [5, 5.41) is 0. The van der Waals surface area contributed by atoms with Gasteiger partial charge in [-0.15, -0.1) is 0 Å². The summed E-state index contributed by atoms with van der Waals surface area (Å²) in [6.45, 7) is -2.94. The monoisotopic (exact) mass is 218 g/mol. The molecule has 0 heterocycles. The lowest BCUT2D eigenvalue weighted by atomic mass is 10.1. The number of benzene rings is 1. The Morgan fingerprint density at radius 2 is 2.13 bits per heavy atom. The quantitative estimate of drug-likeness (QED) is 0.710. The molecule has 0 saturated carbocycles. The topological polar surface area (TPSA) is 26.3 Å². The number of carbonyl (C=O) groups is 1. The third-order valence-electron chi connectivity index (χ3n) is 1.77. The van der Waals surface area contributed by atoms with Crippen molar-refractivity contribution in [2.75, 3.05) is 0 Å². The van der Waals surface area contributed by atoms with E-state index in [1.807, 2.05) is 0 Å². The molecule has 2 nitrogen and oxygen atoms in total. The van der Waals surface area contributed by atoms with Gasteiger partial charge in [-0.3, -0.25) is 0 Å². The minimum absolute atomic E-state index is 0.104. The fourth-order valence-electron chi connectivity index (χ4n) is 1.13. The van der Waals surface area contributed by atoms with Gasteiger partial charge in [0.1, 0.15) is 17.9 Å². The summed E-state index contributed by atoms with van der Waals surface area (Å²) in [5.74, 6) is -0.634. The van der Waals surface area contributed by atoms with Crippen molar-refractivity contribution in [2.24, 2.45) is 0 Å². The van der Waals surface area contributed by atoms with Crippen molar-refractivity contribution >= 4 is 6.29 Å². The minimum atomic E-state index is -2.94. The van der Waals surface area contributed by atoms with Crippen LogP contribution in [0.5, 0.6) is 5.75 Å². The molecule has 0 bridgehead atoms. The van der Waals surface area contributed by atoms with E-state index in [9.17, 15) is 18.0 Å². The van der Waals surface area contributed by atoms with Crippen LogP contribution in [0.3, 0.4) is 0 Å². The molecule has 5 heteroatoms. The molecule has 0 aliphatic carbocycles. The van der Waals surface area contributed by atoms with Crippen molar-refractivity contribution < 1.29 is 22.7 Å². The lowest BCUT2D eigenvalue weighted by Crippen LogP contribution is -2.03.